The predicted octanol–water partition coefficient (Wildman–Crippen LogP) is -0.0938. The molecule has 0 radical (unpaired) electrons. The molecule has 0 spiro atoms. The second-order valence-electron chi connectivity index (χ2n) is 5.80. The molecular formula is C16H19N5O4. The molecule has 2 aromatic heterocycles. The van der Waals surface area contributed by atoms with Crippen molar-refractivity contribution < 1.29 is 9.84 Å². The molecule has 1 aromatic carbocycles. The highest BCUT2D eigenvalue weighted by molar-refractivity contribution is 5.71. The average molecular weight is 345 g/mol. The minimum Gasteiger partial charge on any atom is -0.497 e. The molecule has 0 aliphatic rings. The Balaban J connectivity index is 2.18. The van der Waals surface area contributed by atoms with Crippen LogP contribution in [0.4, 0.5) is 5.95 Å². The molecule has 3 aromatic rings. The Morgan fingerprint density at radius 1 is 1.28 bits per heavy atom. The van der Waals surface area contributed by atoms with Crippen LogP contribution in [-0.4, -0.2) is 37.4 Å². The number of aliphatic hydroxyl groups is 1. The van der Waals surface area contributed by atoms with Gasteiger partial charge in [0.2, 0.25) is 5.95 Å². The summed E-state index contributed by atoms with van der Waals surface area (Å²) >= 11 is 0. The van der Waals surface area contributed by atoms with E-state index >= 15 is 0 Å². The first-order valence-electron chi connectivity index (χ1n) is 7.70. The maximum Gasteiger partial charge on any atom is 0.330 e. The van der Waals surface area contributed by atoms with Crippen LogP contribution in [0.5, 0.6) is 5.75 Å². The lowest BCUT2D eigenvalue weighted by Gasteiger charge is -2.05. The summed E-state index contributed by atoms with van der Waals surface area (Å²) in [4.78, 5) is 31.5. The number of fused-ring (bicyclic) bond motifs is 1. The molecule has 25 heavy (non-hydrogen) atoms. The highest BCUT2D eigenvalue weighted by Gasteiger charge is 2.19. The van der Waals surface area contributed by atoms with Crippen LogP contribution in [0, 0.1) is 0 Å². The number of benzene rings is 1. The molecule has 0 fully saturated rings. The number of H-pyrrole nitrogens is 1. The van der Waals surface area contributed by atoms with Gasteiger partial charge in [-0.1, -0.05) is 12.1 Å². The second-order valence-corrected chi connectivity index (χ2v) is 5.80. The molecule has 1 unspecified atom stereocenters. The number of aliphatic hydroxyl groups excluding tert-OH is 1. The monoisotopic (exact) mass is 345 g/mol. The number of imidazole rings is 1. The van der Waals surface area contributed by atoms with Gasteiger partial charge in [-0.15, -0.1) is 0 Å². The first kappa shape index (κ1) is 16.8. The third kappa shape index (κ3) is 3.13. The van der Waals surface area contributed by atoms with E-state index in [1.54, 1.807) is 19.2 Å². The maximum atomic E-state index is 12.8. The van der Waals surface area contributed by atoms with Gasteiger partial charge in [0.05, 0.1) is 26.3 Å². The maximum absolute atomic E-state index is 12.8. The van der Waals surface area contributed by atoms with E-state index in [1.165, 1.54) is 16.1 Å². The van der Waals surface area contributed by atoms with Crippen molar-refractivity contribution in [2.24, 2.45) is 0 Å². The summed E-state index contributed by atoms with van der Waals surface area (Å²) in [5.74, 6) is 0.627. The molecule has 9 heteroatoms. The molecule has 4 N–H and O–H groups in total. The summed E-state index contributed by atoms with van der Waals surface area (Å²) in [5, 5.41) is 9.65. The van der Waals surface area contributed by atoms with Gasteiger partial charge in [-0.05, 0) is 24.6 Å². The predicted molar refractivity (Wildman–Crippen MR) is 92.8 cm³/mol. The standard InChI is InChI=1S/C16H19N5O4/c1-9(22)7-20-12-13(18-15(17)19-14(12)23)21(16(20)24)8-10-3-5-11(25-2)6-4-10/h3-6,9,22H,7-8H2,1-2H3,(H3,17,18,19,23). The number of methoxy groups -OCH3 is 1. The minimum absolute atomic E-state index is 0.0143. The number of aromatic amines is 1. The van der Waals surface area contributed by atoms with Gasteiger partial charge in [0.25, 0.3) is 5.56 Å². The van der Waals surface area contributed by atoms with Crippen LogP contribution < -0.4 is 21.7 Å². The lowest BCUT2D eigenvalue weighted by Crippen LogP contribution is -2.29. The molecular weight excluding hydrogens is 326 g/mol. The van der Waals surface area contributed by atoms with Gasteiger partial charge >= 0.3 is 5.69 Å². The normalized spacial score (nSPS) is 12.4. The van der Waals surface area contributed by atoms with Crippen LogP contribution >= 0.6 is 0 Å². The van der Waals surface area contributed by atoms with Crippen LogP contribution in [0.3, 0.4) is 0 Å². The van der Waals surface area contributed by atoms with E-state index in [0.717, 1.165) is 5.56 Å². The number of hydrogen-bond acceptors (Lipinski definition) is 6. The molecule has 0 saturated carbocycles. The zero-order valence-electron chi connectivity index (χ0n) is 13.9. The number of nitrogens with one attached hydrogen (secondary N) is 1. The Kier molecular flexibility index (Phi) is 4.32. The first-order valence-corrected chi connectivity index (χ1v) is 7.70. The molecule has 2 heterocycles. The second kappa shape index (κ2) is 6.44. The Labute approximate surface area is 142 Å². The number of hydrogen-bond donors (Lipinski definition) is 3. The Morgan fingerprint density at radius 3 is 2.56 bits per heavy atom. The molecule has 0 saturated heterocycles. The number of aromatic nitrogens is 4. The van der Waals surface area contributed by atoms with Crippen molar-refractivity contribution in [3.63, 3.8) is 0 Å². The molecule has 1 atom stereocenters. The number of rotatable bonds is 5. The van der Waals surface area contributed by atoms with Crippen LogP contribution in [-0.2, 0) is 13.1 Å². The summed E-state index contributed by atoms with van der Waals surface area (Å²) in [6.07, 6.45) is -0.797. The molecule has 3 rings (SSSR count). The van der Waals surface area contributed by atoms with Crippen molar-refractivity contribution in [2.75, 3.05) is 12.8 Å². The van der Waals surface area contributed by atoms with Gasteiger partial charge in [0.1, 0.15) is 5.75 Å². The highest BCUT2D eigenvalue weighted by atomic mass is 16.5. The number of nitrogens with two attached hydrogens (primary N) is 1. The third-order valence-corrected chi connectivity index (χ3v) is 3.83. The highest BCUT2D eigenvalue weighted by Crippen LogP contribution is 2.14. The largest absolute Gasteiger partial charge is 0.497 e. The van der Waals surface area contributed by atoms with E-state index in [4.69, 9.17) is 10.5 Å². The topological polar surface area (TPSA) is 128 Å². The smallest absolute Gasteiger partial charge is 0.330 e. The van der Waals surface area contributed by atoms with Gasteiger partial charge in [-0.25, -0.2) is 4.79 Å². The number of nitrogens with zero attached hydrogens (tertiary/aromatic N) is 3. The van der Waals surface area contributed by atoms with Crippen molar-refractivity contribution in [3.8, 4) is 5.75 Å². The summed E-state index contributed by atoms with van der Waals surface area (Å²) in [6, 6.07) is 7.20. The fourth-order valence-electron chi connectivity index (χ4n) is 2.73. The van der Waals surface area contributed by atoms with Gasteiger partial charge in [0.15, 0.2) is 11.2 Å². The summed E-state index contributed by atoms with van der Waals surface area (Å²) in [7, 11) is 1.57. The van der Waals surface area contributed by atoms with E-state index in [2.05, 4.69) is 9.97 Å². The molecule has 132 valence electrons. The number of nitrogen functional groups attached to an aromatic ring is 1. The van der Waals surface area contributed by atoms with E-state index in [0.29, 0.717) is 5.75 Å². The molecule has 0 amide bonds. The van der Waals surface area contributed by atoms with Crippen molar-refractivity contribution in [3.05, 3.63) is 50.7 Å². The van der Waals surface area contributed by atoms with E-state index in [9.17, 15) is 14.7 Å². The van der Waals surface area contributed by atoms with Crippen LogP contribution in [0.15, 0.2) is 33.9 Å². The van der Waals surface area contributed by atoms with Crippen molar-refractivity contribution in [2.45, 2.75) is 26.1 Å². The number of ether oxygens (including phenoxy) is 1. The fourth-order valence-corrected chi connectivity index (χ4v) is 2.73. The quantitative estimate of drug-likeness (QED) is 0.593. The van der Waals surface area contributed by atoms with Gasteiger partial charge in [-0.2, -0.15) is 4.98 Å². The van der Waals surface area contributed by atoms with Gasteiger partial charge < -0.3 is 15.6 Å². The lowest BCUT2D eigenvalue weighted by atomic mass is 10.2. The molecule has 0 aliphatic carbocycles. The van der Waals surface area contributed by atoms with Crippen molar-refractivity contribution in [1.82, 2.24) is 19.1 Å². The van der Waals surface area contributed by atoms with Crippen molar-refractivity contribution in [1.29, 1.82) is 0 Å². The van der Waals surface area contributed by atoms with E-state index in [1.807, 2.05) is 12.1 Å². The Bertz CT molecular complexity index is 1010. The molecule has 0 bridgehead atoms. The minimum atomic E-state index is -0.797. The zero-order chi connectivity index (χ0) is 18.1. The SMILES string of the molecule is COc1ccc(Cn2c(=O)n(CC(C)O)c3c(=O)[nH]c(N)nc32)cc1. The summed E-state index contributed by atoms with van der Waals surface area (Å²) in [5.41, 5.74) is 5.78. The third-order valence-electron chi connectivity index (χ3n) is 3.83. The van der Waals surface area contributed by atoms with E-state index in [-0.39, 0.29) is 30.2 Å². The van der Waals surface area contributed by atoms with Crippen LogP contribution in [0.1, 0.15) is 12.5 Å². The summed E-state index contributed by atoms with van der Waals surface area (Å²) < 4.78 is 7.70. The van der Waals surface area contributed by atoms with Gasteiger partial charge in [-0.3, -0.25) is 18.9 Å². The van der Waals surface area contributed by atoms with Crippen LogP contribution in [0.25, 0.3) is 11.2 Å². The fraction of sp³-hybridized carbons (Fsp3) is 0.312. The Morgan fingerprint density at radius 2 is 1.96 bits per heavy atom. The molecule has 9 nitrogen and oxygen atoms in total. The summed E-state index contributed by atoms with van der Waals surface area (Å²) in [6.45, 7) is 1.74. The zero-order valence-corrected chi connectivity index (χ0v) is 13.9. The lowest BCUT2D eigenvalue weighted by molar-refractivity contribution is 0.173. The van der Waals surface area contributed by atoms with Crippen molar-refractivity contribution >= 4 is 17.1 Å². The Hall–Kier alpha value is -3.07. The van der Waals surface area contributed by atoms with Crippen LogP contribution in [0.2, 0.25) is 0 Å². The first-order chi connectivity index (χ1) is 11.9. The molecule has 0 aliphatic heterocycles. The average Bonchev–Trinajstić information content (AvgIpc) is 2.81. The number of anilines is 1. The van der Waals surface area contributed by atoms with E-state index < -0.39 is 17.4 Å². The van der Waals surface area contributed by atoms with Gasteiger partial charge in [0, 0.05) is 0 Å².